The van der Waals surface area contributed by atoms with E-state index in [1.807, 2.05) is 18.7 Å². The van der Waals surface area contributed by atoms with Crippen molar-refractivity contribution in [2.45, 2.75) is 39.0 Å². The molecule has 0 saturated carbocycles. The smallest absolute Gasteiger partial charge is 0.224 e. The van der Waals surface area contributed by atoms with Gasteiger partial charge in [0.2, 0.25) is 5.91 Å². The van der Waals surface area contributed by atoms with Crippen molar-refractivity contribution in [3.8, 4) is 0 Å². The number of amides is 1. The summed E-state index contributed by atoms with van der Waals surface area (Å²) in [4.78, 5) is 26.0. The van der Waals surface area contributed by atoms with Gasteiger partial charge in [-0.05, 0) is 26.7 Å². The van der Waals surface area contributed by atoms with Crippen LogP contribution < -0.4 is 4.90 Å². The maximum Gasteiger partial charge on any atom is 0.224 e. The lowest BCUT2D eigenvalue weighted by atomic mass is 9.94. The summed E-state index contributed by atoms with van der Waals surface area (Å²) in [5, 5.41) is 0. The van der Waals surface area contributed by atoms with E-state index >= 15 is 0 Å². The lowest BCUT2D eigenvalue weighted by Crippen LogP contribution is -2.40. The molecule has 1 atom stereocenters. The van der Waals surface area contributed by atoms with Crippen molar-refractivity contribution in [3.63, 3.8) is 0 Å². The van der Waals surface area contributed by atoms with Crippen molar-refractivity contribution in [1.82, 2.24) is 14.9 Å². The maximum atomic E-state index is 12.4. The average Bonchev–Trinajstić information content (AvgIpc) is 2.68. The molecule has 7 nitrogen and oxygen atoms in total. The van der Waals surface area contributed by atoms with E-state index in [-0.39, 0.29) is 11.8 Å². The average molecular weight is 362 g/mol. The van der Waals surface area contributed by atoms with Gasteiger partial charge in [0.15, 0.2) is 0 Å². The monoisotopic (exact) mass is 362 g/mol. The first-order valence-corrected chi connectivity index (χ1v) is 9.71. The van der Waals surface area contributed by atoms with Crippen molar-refractivity contribution in [2.75, 3.05) is 57.5 Å². The number of likely N-dealkylation sites (tertiary alicyclic amines) is 1. The van der Waals surface area contributed by atoms with Gasteiger partial charge in [0.25, 0.3) is 0 Å². The van der Waals surface area contributed by atoms with Gasteiger partial charge in [-0.1, -0.05) is 0 Å². The van der Waals surface area contributed by atoms with E-state index in [0.29, 0.717) is 19.6 Å². The summed E-state index contributed by atoms with van der Waals surface area (Å²) in [6.07, 6.45) is 2.54. The van der Waals surface area contributed by atoms with Crippen LogP contribution in [0, 0.1) is 6.92 Å². The third kappa shape index (κ3) is 4.92. The molecule has 2 aliphatic rings. The van der Waals surface area contributed by atoms with E-state index in [1.54, 1.807) is 0 Å². The maximum absolute atomic E-state index is 12.4. The normalized spacial score (nSPS) is 21.1. The fourth-order valence-corrected chi connectivity index (χ4v) is 3.65. The molecule has 1 aromatic rings. The number of aryl methyl sites for hydroxylation is 1. The standard InChI is InChI=1S/C19H30N4O3/c1-3-25-10-6-19(24)23-7-4-5-16(14-23)17-13-18(21-15(2)20-17)22-8-11-26-12-9-22/h13,16H,3-12,14H2,1-2H3/t16-/m0/s1. The van der Waals surface area contributed by atoms with Crippen LogP contribution in [0.15, 0.2) is 6.07 Å². The Morgan fingerprint density at radius 3 is 2.88 bits per heavy atom. The zero-order valence-electron chi connectivity index (χ0n) is 15.9. The molecule has 1 aromatic heterocycles. The molecule has 144 valence electrons. The van der Waals surface area contributed by atoms with Crippen molar-refractivity contribution in [3.05, 3.63) is 17.6 Å². The molecule has 0 spiro atoms. The number of rotatable bonds is 6. The summed E-state index contributed by atoms with van der Waals surface area (Å²) in [5.74, 6) is 2.24. The van der Waals surface area contributed by atoms with Crippen LogP contribution in [0.2, 0.25) is 0 Å². The number of carbonyl (C=O) groups is 1. The van der Waals surface area contributed by atoms with Crippen LogP contribution in [0.5, 0.6) is 0 Å². The van der Waals surface area contributed by atoms with Gasteiger partial charge < -0.3 is 19.3 Å². The molecule has 0 bridgehead atoms. The molecular weight excluding hydrogens is 332 g/mol. The lowest BCUT2D eigenvalue weighted by Gasteiger charge is -2.33. The second-order valence-corrected chi connectivity index (χ2v) is 6.92. The van der Waals surface area contributed by atoms with Gasteiger partial charge in [-0.15, -0.1) is 0 Å². The zero-order chi connectivity index (χ0) is 18.4. The fraction of sp³-hybridized carbons (Fsp3) is 0.737. The number of morpholine rings is 1. The SMILES string of the molecule is CCOCCC(=O)N1CCC[C@H](c2cc(N3CCOCC3)nc(C)n2)C1. The first-order chi connectivity index (χ1) is 12.7. The Bertz CT molecular complexity index is 604. The van der Waals surface area contributed by atoms with E-state index in [1.165, 1.54) is 0 Å². The topological polar surface area (TPSA) is 67.8 Å². The van der Waals surface area contributed by atoms with Gasteiger partial charge in [0.05, 0.1) is 31.9 Å². The second kappa shape index (κ2) is 9.28. The molecule has 7 heteroatoms. The molecule has 2 saturated heterocycles. The summed E-state index contributed by atoms with van der Waals surface area (Å²) in [6.45, 7) is 9.84. The van der Waals surface area contributed by atoms with Crippen LogP contribution in [0.25, 0.3) is 0 Å². The highest BCUT2D eigenvalue weighted by atomic mass is 16.5. The molecule has 0 aliphatic carbocycles. The molecule has 0 unspecified atom stereocenters. The number of nitrogens with zero attached hydrogens (tertiary/aromatic N) is 4. The molecule has 3 rings (SSSR count). The van der Waals surface area contributed by atoms with E-state index in [9.17, 15) is 4.79 Å². The molecule has 2 fully saturated rings. The highest BCUT2D eigenvalue weighted by Gasteiger charge is 2.26. The number of carbonyl (C=O) groups excluding carboxylic acids is 1. The van der Waals surface area contributed by atoms with Crippen LogP contribution in [0.4, 0.5) is 5.82 Å². The minimum absolute atomic E-state index is 0.183. The molecule has 0 N–H and O–H groups in total. The number of aromatic nitrogens is 2. The number of anilines is 1. The highest BCUT2D eigenvalue weighted by Crippen LogP contribution is 2.28. The molecule has 1 amide bonds. The van der Waals surface area contributed by atoms with E-state index in [2.05, 4.69) is 20.9 Å². The Kier molecular flexibility index (Phi) is 6.80. The molecular formula is C19H30N4O3. The first kappa shape index (κ1) is 19.0. The van der Waals surface area contributed by atoms with Crippen molar-refractivity contribution in [1.29, 1.82) is 0 Å². The third-order valence-corrected chi connectivity index (χ3v) is 5.04. The lowest BCUT2D eigenvalue weighted by molar-refractivity contribution is -0.133. The van der Waals surface area contributed by atoms with Gasteiger partial charge in [0, 0.05) is 44.8 Å². The predicted molar refractivity (Wildman–Crippen MR) is 99.5 cm³/mol. The Morgan fingerprint density at radius 1 is 1.31 bits per heavy atom. The Balaban J connectivity index is 1.67. The quantitative estimate of drug-likeness (QED) is 0.718. The summed E-state index contributed by atoms with van der Waals surface area (Å²) in [6, 6.07) is 2.11. The van der Waals surface area contributed by atoms with Crippen LogP contribution >= 0.6 is 0 Å². The van der Waals surface area contributed by atoms with E-state index in [4.69, 9.17) is 9.47 Å². The summed E-state index contributed by atoms with van der Waals surface area (Å²) < 4.78 is 10.8. The molecule has 3 heterocycles. The van der Waals surface area contributed by atoms with Gasteiger partial charge in [-0.25, -0.2) is 9.97 Å². The molecule has 0 aromatic carbocycles. The first-order valence-electron chi connectivity index (χ1n) is 9.71. The van der Waals surface area contributed by atoms with E-state index < -0.39 is 0 Å². The Morgan fingerprint density at radius 2 is 2.12 bits per heavy atom. The summed E-state index contributed by atoms with van der Waals surface area (Å²) >= 11 is 0. The predicted octanol–water partition coefficient (Wildman–Crippen LogP) is 1.75. The number of hydrogen-bond donors (Lipinski definition) is 0. The highest BCUT2D eigenvalue weighted by molar-refractivity contribution is 5.76. The molecule has 0 radical (unpaired) electrons. The third-order valence-electron chi connectivity index (χ3n) is 5.04. The Hall–Kier alpha value is -1.73. The van der Waals surface area contributed by atoms with Gasteiger partial charge in [-0.2, -0.15) is 0 Å². The summed E-state index contributed by atoms with van der Waals surface area (Å²) in [5.41, 5.74) is 1.06. The number of ether oxygens (including phenoxy) is 2. The minimum atomic E-state index is 0.183. The Labute approximate surface area is 155 Å². The van der Waals surface area contributed by atoms with Crippen LogP contribution in [0.1, 0.15) is 43.6 Å². The fourth-order valence-electron chi connectivity index (χ4n) is 3.65. The van der Waals surface area contributed by atoms with Crippen molar-refractivity contribution >= 4 is 11.7 Å². The van der Waals surface area contributed by atoms with Gasteiger partial charge in [0.1, 0.15) is 11.6 Å². The van der Waals surface area contributed by atoms with Crippen molar-refractivity contribution in [2.24, 2.45) is 0 Å². The summed E-state index contributed by atoms with van der Waals surface area (Å²) in [7, 11) is 0. The largest absolute Gasteiger partial charge is 0.381 e. The molecule has 26 heavy (non-hydrogen) atoms. The minimum Gasteiger partial charge on any atom is -0.381 e. The molecule has 2 aliphatic heterocycles. The zero-order valence-corrected chi connectivity index (χ0v) is 15.9. The number of piperidine rings is 1. The van der Waals surface area contributed by atoms with Crippen LogP contribution in [0.3, 0.4) is 0 Å². The van der Waals surface area contributed by atoms with Gasteiger partial charge >= 0.3 is 0 Å². The van der Waals surface area contributed by atoms with Crippen molar-refractivity contribution < 1.29 is 14.3 Å². The second-order valence-electron chi connectivity index (χ2n) is 6.92. The van der Waals surface area contributed by atoms with E-state index in [0.717, 1.165) is 69.6 Å². The van der Waals surface area contributed by atoms with Gasteiger partial charge in [-0.3, -0.25) is 4.79 Å². The number of hydrogen-bond acceptors (Lipinski definition) is 6. The van der Waals surface area contributed by atoms with Crippen LogP contribution in [-0.2, 0) is 14.3 Å². The van der Waals surface area contributed by atoms with Crippen LogP contribution in [-0.4, -0.2) is 73.4 Å².